The molecule has 0 aliphatic rings. The van der Waals surface area contributed by atoms with Crippen LogP contribution in [0, 0.1) is 5.92 Å². The summed E-state index contributed by atoms with van der Waals surface area (Å²) < 4.78 is 5.06. The summed E-state index contributed by atoms with van der Waals surface area (Å²) in [6.07, 6.45) is 0.0993. The number of esters is 1. The lowest BCUT2D eigenvalue weighted by atomic mass is 10.1. The Morgan fingerprint density at radius 3 is 2.24 bits per heavy atom. The van der Waals surface area contributed by atoms with E-state index in [1.54, 1.807) is 25.1 Å². The first-order valence-corrected chi connectivity index (χ1v) is 7.44. The molecule has 21 heavy (non-hydrogen) atoms. The van der Waals surface area contributed by atoms with Crippen molar-refractivity contribution in [3.63, 3.8) is 0 Å². The summed E-state index contributed by atoms with van der Waals surface area (Å²) in [7, 11) is 0. The second kappa shape index (κ2) is 8.25. The summed E-state index contributed by atoms with van der Waals surface area (Å²) in [5, 5.41) is 3.53. The van der Waals surface area contributed by atoms with E-state index in [1.807, 2.05) is 13.8 Å². The quantitative estimate of drug-likeness (QED) is 0.814. The minimum Gasteiger partial charge on any atom is -0.464 e. The monoisotopic (exact) mass is 331 g/mol. The van der Waals surface area contributed by atoms with Gasteiger partial charge in [-0.3, -0.25) is 4.79 Å². The summed E-state index contributed by atoms with van der Waals surface area (Å²) >= 11 is 11.7. The number of nitrogens with one attached hydrogen (secondary N) is 1. The van der Waals surface area contributed by atoms with Crippen molar-refractivity contribution in [3.05, 3.63) is 33.8 Å². The highest BCUT2D eigenvalue weighted by molar-refractivity contribution is 6.34. The van der Waals surface area contributed by atoms with E-state index in [-0.39, 0.29) is 18.2 Å². The Kier molecular flexibility index (Phi) is 6.99. The summed E-state index contributed by atoms with van der Waals surface area (Å²) in [6.45, 7) is 5.81. The maximum atomic E-state index is 11.9. The number of halogens is 2. The van der Waals surface area contributed by atoms with Gasteiger partial charge in [-0.25, -0.2) is 4.79 Å². The fourth-order valence-corrected chi connectivity index (χ4v) is 2.19. The number of amides is 1. The highest BCUT2D eigenvalue weighted by Gasteiger charge is 2.17. The van der Waals surface area contributed by atoms with E-state index in [0.717, 1.165) is 0 Å². The Labute approximate surface area is 134 Å². The van der Waals surface area contributed by atoms with Crippen molar-refractivity contribution < 1.29 is 14.3 Å². The Balaban J connectivity index is 2.51. The number of hydrogen-bond donors (Lipinski definition) is 1. The smallest absolute Gasteiger partial charge is 0.328 e. The zero-order valence-electron chi connectivity index (χ0n) is 12.3. The summed E-state index contributed by atoms with van der Waals surface area (Å²) in [4.78, 5) is 23.5. The van der Waals surface area contributed by atoms with Crippen molar-refractivity contribution in [2.75, 3.05) is 6.61 Å². The Hall–Kier alpha value is -1.26. The van der Waals surface area contributed by atoms with Crippen molar-refractivity contribution >= 4 is 35.1 Å². The van der Waals surface area contributed by atoms with Gasteiger partial charge in [-0.05, 0) is 36.6 Å². The van der Waals surface area contributed by atoms with Gasteiger partial charge in [0.15, 0.2) is 0 Å². The van der Waals surface area contributed by atoms with Crippen LogP contribution in [0.3, 0.4) is 0 Å². The molecule has 116 valence electrons. The third-order valence-electron chi connectivity index (χ3n) is 2.58. The van der Waals surface area contributed by atoms with E-state index >= 15 is 0 Å². The van der Waals surface area contributed by atoms with Crippen molar-refractivity contribution in [2.24, 2.45) is 5.92 Å². The van der Waals surface area contributed by atoms with Gasteiger partial charge in [0.25, 0.3) is 0 Å². The fraction of sp³-hybridized carbons (Fsp3) is 0.467. The average Bonchev–Trinajstić information content (AvgIpc) is 2.34. The van der Waals surface area contributed by atoms with Crippen LogP contribution in [0.15, 0.2) is 18.2 Å². The van der Waals surface area contributed by atoms with Gasteiger partial charge in [-0.1, -0.05) is 37.0 Å². The lowest BCUT2D eigenvalue weighted by molar-refractivity contribution is -0.148. The van der Waals surface area contributed by atoms with Crippen molar-refractivity contribution in [2.45, 2.75) is 33.2 Å². The van der Waals surface area contributed by atoms with E-state index in [1.165, 1.54) is 0 Å². The molecular weight excluding hydrogens is 313 g/mol. The molecule has 1 atom stereocenters. The molecule has 1 N–H and O–H groups in total. The van der Waals surface area contributed by atoms with Crippen molar-refractivity contribution in [1.29, 1.82) is 0 Å². The van der Waals surface area contributed by atoms with Crippen LogP contribution < -0.4 is 5.32 Å². The molecule has 0 saturated carbocycles. The van der Waals surface area contributed by atoms with Crippen molar-refractivity contribution in [3.8, 4) is 0 Å². The summed E-state index contributed by atoms with van der Waals surface area (Å²) in [5.74, 6) is -0.478. The molecule has 1 aromatic carbocycles. The first-order valence-electron chi connectivity index (χ1n) is 6.69. The van der Waals surface area contributed by atoms with Gasteiger partial charge in [-0.15, -0.1) is 0 Å². The van der Waals surface area contributed by atoms with Crippen LogP contribution >= 0.6 is 23.2 Å². The molecule has 1 unspecified atom stereocenters. The number of carbonyl (C=O) groups excluding carboxylic acids is 2. The normalized spacial score (nSPS) is 12.1. The van der Waals surface area contributed by atoms with E-state index in [9.17, 15) is 9.59 Å². The molecule has 0 saturated heterocycles. The number of rotatable bonds is 6. The predicted molar refractivity (Wildman–Crippen MR) is 83.6 cm³/mol. The molecule has 0 spiro atoms. The zero-order chi connectivity index (χ0) is 16.0. The molecule has 0 bridgehead atoms. The Bertz CT molecular complexity index is 497. The van der Waals surface area contributed by atoms with Crippen LogP contribution in [0.25, 0.3) is 0 Å². The van der Waals surface area contributed by atoms with Gasteiger partial charge in [-0.2, -0.15) is 0 Å². The molecular formula is C15H19Cl2NO3. The first-order chi connectivity index (χ1) is 9.77. The lowest BCUT2D eigenvalue weighted by Gasteiger charge is -2.14. The molecule has 4 nitrogen and oxygen atoms in total. The van der Waals surface area contributed by atoms with Crippen LogP contribution in [0.2, 0.25) is 10.0 Å². The Morgan fingerprint density at radius 1 is 1.14 bits per heavy atom. The largest absolute Gasteiger partial charge is 0.464 e. The number of carbonyl (C=O) groups is 2. The minimum absolute atomic E-state index is 0.0993. The number of ether oxygens (including phenoxy) is 1. The van der Waals surface area contributed by atoms with Crippen LogP contribution in [0.5, 0.6) is 0 Å². The third kappa shape index (κ3) is 6.82. The van der Waals surface area contributed by atoms with Gasteiger partial charge in [0.2, 0.25) is 5.91 Å². The maximum absolute atomic E-state index is 11.9. The molecule has 0 fully saturated rings. The van der Waals surface area contributed by atoms with Crippen LogP contribution in [0.4, 0.5) is 0 Å². The van der Waals surface area contributed by atoms with E-state index in [4.69, 9.17) is 27.9 Å². The van der Waals surface area contributed by atoms with E-state index in [2.05, 4.69) is 5.32 Å². The number of benzene rings is 1. The molecule has 0 radical (unpaired) electrons. The van der Waals surface area contributed by atoms with Gasteiger partial charge in [0, 0.05) is 10.0 Å². The average molecular weight is 332 g/mol. The second-order valence-corrected chi connectivity index (χ2v) is 6.14. The molecule has 6 heteroatoms. The van der Waals surface area contributed by atoms with Gasteiger partial charge >= 0.3 is 5.97 Å². The third-order valence-corrected chi connectivity index (χ3v) is 3.01. The standard InChI is InChI=1S/C15H19Cl2NO3/c1-9(2)8-21-15(20)10(3)18-14(19)6-11-4-12(16)7-13(17)5-11/h4-5,7,9-10H,6,8H2,1-3H3,(H,18,19). The van der Waals surface area contributed by atoms with E-state index < -0.39 is 12.0 Å². The Morgan fingerprint density at radius 2 is 1.71 bits per heavy atom. The van der Waals surface area contributed by atoms with Gasteiger partial charge in [0.05, 0.1) is 13.0 Å². The van der Waals surface area contributed by atoms with Crippen LogP contribution in [0.1, 0.15) is 26.3 Å². The van der Waals surface area contributed by atoms with Crippen LogP contribution in [-0.4, -0.2) is 24.5 Å². The molecule has 0 aliphatic heterocycles. The zero-order valence-corrected chi connectivity index (χ0v) is 13.8. The minimum atomic E-state index is -0.689. The summed E-state index contributed by atoms with van der Waals surface area (Å²) in [5.41, 5.74) is 0.688. The topological polar surface area (TPSA) is 55.4 Å². The molecule has 1 rings (SSSR count). The van der Waals surface area contributed by atoms with Gasteiger partial charge < -0.3 is 10.1 Å². The molecule has 1 amide bonds. The molecule has 0 heterocycles. The fourth-order valence-electron chi connectivity index (χ4n) is 1.62. The number of hydrogen-bond acceptors (Lipinski definition) is 3. The highest BCUT2D eigenvalue weighted by Crippen LogP contribution is 2.19. The molecule has 0 aliphatic carbocycles. The molecule has 1 aromatic rings. The maximum Gasteiger partial charge on any atom is 0.328 e. The SMILES string of the molecule is CC(C)COC(=O)C(C)NC(=O)Cc1cc(Cl)cc(Cl)c1. The van der Waals surface area contributed by atoms with E-state index in [0.29, 0.717) is 22.2 Å². The van der Waals surface area contributed by atoms with Crippen molar-refractivity contribution in [1.82, 2.24) is 5.32 Å². The first kappa shape index (κ1) is 17.8. The predicted octanol–water partition coefficient (Wildman–Crippen LogP) is 3.24. The summed E-state index contributed by atoms with van der Waals surface area (Å²) in [6, 6.07) is 4.23. The highest BCUT2D eigenvalue weighted by atomic mass is 35.5. The van der Waals surface area contributed by atoms with Gasteiger partial charge in [0.1, 0.15) is 6.04 Å². The molecule has 0 aromatic heterocycles. The second-order valence-electron chi connectivity index (χ2n) is 5.27. The lowest BCUT2D eigenvalue weighted by Crippen LogP contribution is -2.40. The van der Waals surface area contributed by atoms with Crippen LogP contribution in [-0.2, 0) is 20.7 Å².